The molecule has 50 heavy (non-hydrogen) atoms. The van der Waals surface area contributed by atoms with Crippen molar-refractivity contribution in [3.63, 3.8) is 0 Å². The molecule has 0 nitrogen and oxygen atoms in total. The first-order valence-corrected chi connectivity index (χ1v) is 17.4. The first kappa shape index (κ1) is 28.5. The lowest BCUT2D eigenvalue weighted by atomic mass is 9.82. The summed E-state index contributed by atoms with van der Waals surface area (Å²) in [5.41, 5.74) is 10.1. The molecule has 0 aromatic heterocycles. The van der Waals surface area contributed by atoms with Crippen molar-refractivity contribution in [3.05, 3.63) is 194 Å². The third-order valence-corrected chi connectivity index (χ3v) is 10.4. The summed E-state index contributed by atoms with van der Waals surface area (Å²) in [7, 11) is 0. The van der Waals surface area contributed by atoms with Crippen LogP contribution in [0.15, 0.2) is 194 Å². The van der Waals surface area contributed by atoms with Gasteiger partial charge in [-0.15, -0.1) is 0 Å². The van der Waals surface area contributed by atoms with Gasteiger partial charge in [-0.1, -0.05) is 182 Å². The lowest BCUT2D eigenvalue weighted by Crippen LogP contribution is -1.93. The van der Waals surface area contributed by atoms with E-state index >= 15 is 0 Å². The maximum absolute atomic E-state index is 2.45. The van der Waals surface area contributed by atoms with E-state index < -0.39 is 0 Å². The molecule has 10 aromatic carbocycles. The Morgan fingerprint density at radius 3 is 1.10 bits per heavy atom. The fourth-order valence-electron chi connectivity index (χ4n) is 8.25. The van der Waals surface area contributed by atoms with Crippen molar-refractivity contribution in [2.45, 2.75) is 0 Å². The largest absolute Gasteiger partial charge is 0.0622 e. The fourth-order valence-corrected chi connectivity index (χ4v) is 8.25. The molecule has 10 rings (SSSR count). The van der Waals surface area contributed by atoms with Gasteiger partial charge < -0.3 is 0 Å². The van der Waals surface area contributed by atoms with Gasteiger partial charge in [-0.2, -0.15) is 0 Å². The second-order valence-corrected chi connectivity index (χ2v) is 13.2. The van der Waals surface area contributed by atoms with Crippen LogP contribution < -0.4 is 0 Å². The van der Waals surface area contributed by atoms with Gasteiger partial charge >= 0.3 is 0 Å². The monoisotopic (exact) mass is 632 g/mol. The zero-order chi connectivity index (χ0) is 33.0. The predicted molar refractivity (Wildman–Crippen MR) is 216 cm³/mol. The molecule has 0 saturated heterocycles. The van der Waals surface area contributed by atoms with E-state index in [1.807, 2.05) is 0 Å². The molecule has 0 bridgehead atoms. The molecule has 0 aliphatic carbocycles. The zero-order valence-electron chi connectivity index (χ0n) is 27.5. The number of benzene rings is 10. The molecule has 0 saturated carbocycles. The van der Waals surface area contributed by atoms with E-state index in [-0.39, 0.29) is 0 Å². The molecule has 232 valence electrons. The molecule has 0 unspecified atom stereocenters. The molecular weight excluding hydrogens is 601 g/mol. The number of fused-ring (bicyclic) bond motifs is 6. The van der Waals surface area contributed by atoms with Crippen molar-refractivity contribution in [2.24, 2.45) is 0 Å². The van der Waals surface area contributed by atoms with Crippen molar-refractivity contribution in [2.75, 3.05) is 0 Å². The van der Waals surface area contributed by atoms with Crippen LogP contribution in [0.3, 0.4) is 0 Å². The second-order valence-electron chi connectivity index (χ2n) is 13.2. The quantitative estimate of drug-likeness (QED) is 0.134. The number of rotatable bonds is 4. The van der Waals surface area contributed by atoms with Crippen LogP contribution in [0, 0.1) is 0 Å². The summed E-state index contributed by atoms with van der Waals surface area (Å²) in [6.45, 7) is 0. The Morgan fingerprint density at radius 1 is 0.180 bits per heavy atom. The SMILES string of the molecule is c1ccc(-c2c(-c3ccccc3)c3ccc(-c4c5ccccc5c(-c5ccc6ccccc6c5)c5ccccc45)cc3c3ccccc23)cc1. The van der Waals surface area contributed by atoms with Gasteiger partial charge in [0, 0.05) is 0 Å². The van der Waals surface area contributed by atoms with Gasteiger partial charge in [0.05, 0.1) is 0 Å². The summed E-state index contributed by atoms with van der Waals surface area (Å²) >= 11 is 0. The molecule has 0 aliphatic rings. The minimum atomic E-state index is 1.23. The first-order chi connectivity index (χ1) is 24.8. The summed E-state index contributed by atoms with van der Waals surface area (Å²) in [6.07, 6.45) is 0. The lowest BCUT2D eigenvalue weighted by molar-refractivity contribution is 1.62. The predicted octanol–water partition coefficient (Wildman–Crippen LogP) is 14.1. The highest BCUT2D eigenvalue weighted by Crippen LogP contribution is 2.48. The minimum Gasteiger partial charge on any atom is -0.0622 e. The Bertz CT molecular complexity index is 2840. The molecule has 0 amide bonds. The Morgan fingerprint density at radius 2 is 0.560 bits per heavy atom. The number of hydrogen-bond acceptors (Lipinski definition) is 0. The summed E-state index contributed by atoms with van der Waals surface area (Å²) < 4.78 is 0. The van der Waals surface area contributed by atoms with Crippen molar-refractivity contribution in [1.82, 2.24) is 0 Å². The fraction of sp³-hybridized carbons (Fsp3) is 0. The summed E-state index contributed by atoms with van der Waals surface area (Å²) in [4.78, 5) is 0. The lowest BCUT2D eigenvalue weighted by Gasteiger charge is -2.21. The Kier molecular flexibility index (Phi) is 6.60. The van der Waals surface area contributed by atoms with E-state index in [9.17, 15) is 0 Å². The van der Waals surface area contributed by atoms with Crippen LogP contribution in [0.5, 0.6) is 0 Å². The van der Waals surface area contributed by atoms with Gasteiger partial charge in [-0.05, 0) is 111 Å². The highest BCUT2D eigenvalue weighted by atomic mass is 14.2. The van der Waals surface area contributed by atoms with Crippen molar-refractivity contribution < 1.29 is 0 Å². The Hall–Kier alpha value is -6.50. The molecule has 0 heteroatoms. The van der Waals surface area contributed by atoms with Crippen LogP contribution in [0.25, 0.3) is 98.4 Å². The average Bonchev–Trinajstić information content (AvgIpc) is 3.19. The maximum atomic E-state index is 2.45. The van der Waals surface area contributed by atoms with E-state index in [0.717, 1.165) is 0 Å². The van der Waals surface area contributed by atoms with Crippen molar-refractivity contribution >= 4 is 53.9 Å². The molecule has 0 N–H and O–H groups in total. The first-order valence-electron chi connectivity index (χ1n) is 17.4. The van der Waals surface area contributed by atoms with Gasteiger partial charge in [0.15, 0.2) is 0 Å². The van der Waals surface area contributed by atoms with Gasteiger partial charge in [-0.25, -0.2) is 0 Å². The standard InChI is InChI=1S/C50H32/c1-3-16-34(17-4-1)49-40-22-10-9-21-39(40)46-32-38(29-30-45(46)50(49)35-18-5-2-6-19-35)48-43-25-13-11-23-41(43)47(42-24-12-14-26-44(42)48)37-28-27-33-15-7-8-20-36(33)31-37/h1-32H. The summed E-state index contributed by atoms with van der Waals surface area (Å²) in [5, 5.41) is 12.7. The molecule has 0 atom stereocenters. The van der Waals surface area contributed by atoms with Crippen LogP contribution in [-0.4, -0.2) is 0 Å². The van der Waals surface area contributed by atoms with Gasteiger partial charge in [0.2, 0.25) is 0 Å². The van der Waals surface area contributed by atoms with Gasteiger partial charge in [0.25, 0.3) is 0 Å². The average molecular weight is 633 g/mol. The van der Waals surface area contributed by atoms with Crippen LogP contribution in [0.2, 0.25) is 0 Å². The number of hydrogen-bond donors (Lipinski definition) is 0. The second kappa shape index (κ2) is 11.6. The molecule has 0 radical (unpaired) electrons. The zero-order valence-corrected chi connectivity index (χ0v) is 27.5. The van der Waals surface area contributed by atoms with Gasteiger partial charge in [-0.3, -0.25) is 0 Å². The van der Waals surface area contributed by atoms with Crippen molar-refractivity contribution in [1.29, 1.82) is 0 Å². The highest BCUT2D eigenvalue weighted by Gasteiger charge is 2.20. The normalized spacial score (nSPS) is 11.6. The maximum Gasteiger partial charge on any atom is -0.00203 e. The molecule has 0 fully saturated rings. The van der Waals surface area contributed by atoms with E-state index in [0.29, 0.717) is 0 Å². The third kappa shape index (κ3) is 4.46. The van der Waals surface area contributed by atoms with Crippen LogP contribution in [-0.2, 0) is 0 Å². The van der Waals surface area contributed by atoms with E-state index in [1.165, 1.54) is 98.4 Å². The topological polar surface area (TPSA) is 0 Å². The van der Waals surface area contributed by atoms with Crippen LogP contribution >= 0.6 is 0 Å². The Balaban J connectivity index is 1.31. The highest BCUT2D eigenvalue weighted by molar-refractivity contribution is 6.25. The van der Waals surface area contributed by atoms with E-state index in [4.69, 9.17) is 0 Å². The van der Waals surface area contributed by atoms with Gasteiger partial charge in [0.1, 0.15) is 0 Å². The molecule has 0 aliphatic heterocycles. The Labute approximate surface area is 291 Å². The van der Waals surface area contributed by atoms with Crippen LogP contribution in [0.1, 0.15) is 0 Å². The van der Waals surface area contributed by atoms with Crippen LogP contribution in [0.4, 0.5) is 0 Å². The third-order valence-electron chi connectivity index (χ3n) is 10.4. The molecule has 0 heterocycles. The summed E-state index contributed by atoms with van der Waals surface area (Å²) in [6, 6.07) is 71.3. The van der Waals surface area contributed by atoms with Crippen molar-refractivity contribution in [3.8, 4) is 44.5 Å². The van der Waals surface area contributed by atoms with E-state index in [1.54, 1.807) is 0 Å². The molecule has 10 aromatic rings. The summed E-state index contributed by atoms with van der Waals surface area (Å²) in [5.74, 6) is 0. The molecule has 0 spiro atoms. The minimum absolute atomic E-state index is 1.23. The van der Waals surface area contributed by atoms with E-state index in [2.05, 4.69) is 194 Å². The smallest absolute Gasteiger partial charge is 0.00203 e. The molecular formula is C50H32.